The number of carboxylic acid groups (broad SMARTS) is 1. The number of anilines is 1. The van der Waals surface area contributed by atoms with Crippen LogP contribution in [-0.2, 0) is 9.59 Å². The molecule has 2 N–H and O–H groups in total. The first-order chi connectivity index (χ1) is 7.63. The Morgan fingerprint density at radius 3 is 2.69 bits per heavy atom. The number of amides is 1. The lowest BCUT2D eigenvalue weighted by Crippen LogP contribution is -2.16. The van der Waals surface area contributed by atoms with E-state index in [1.165, 1.54) is 0 Å². The molecule has 0 radical (unpaired) electrons. The minimum atomic E-state index is -1.16. The molecular formula is C11H13NO4. The number of para-hydroxylation sites is 2. The van der Waals surface area contributed by atoms with Crippen molar-refractivity contribution in [2.45, 2.75) is 13.3 Å². The van der Waals surface area contributed by atoms with Crippen molar-refractivity contribution >= 4 is 17.6 Å². The summed E-state index contributed by atoms with van der Waals surface area (Å²) in [4.78, 5) is 21.6. The fraction of sp³-hybridized carbons (Fsp3) is 0.273. The molecule has 0 aliphatic carbocycles. The largest absolute Gasteiger partial charge is 0.492 e. The lowest BCUT2D eigenvalue weighted by molar-refractivity contribution is -0.139. The molecule has 0 atom stereocenters. The maximum Gasteiger partial charge on any atom is 0.312 e. The first-order valence-electron chi connectivity index (χ1n) is 4.87. The molecular weight excluding hydrogens is 210 g/mol. The van der Waals surface area contributed by atoms with Crippen molar-refractivity contribution in [3.63, 3.8) is 0 Å². The van der Waals surface area contributed by atoms with Crippen LogP contribution in [0.3, 0.4) is 0 Å². The third-order valence-electron chi connectivity index (χ3n) is 1.77. The van der Waals surface area contributed by atoms with Crippen molar-refractivity contribution in [3.8, 4) is 5.75 Å². The molecule has 0 saturated carbocycles. The van der Waals surface area contributed by atoms with Gasteiger partial charge in [-0.05, 0) is 19.1 Å². The maximum absolute atomic E-state index is 11.2. The molecule has 1 aromatic carbocycles. The number of nitrogens with one attached hydrogen (secondary N) is 1. The number of carbonyl (C=O) groups excluding carboxylic acids is 1. The zero-order valence-electron chi connectivity index (χ0n) is 8.90. The Labute approximate surface area is 93.0 Å². The van der Waals surface area contributed by atoms with E-state index in [2.05, 4.69) is 5.32 Å². The van der Waals surface area contributed by atoms with E-state index in [1.807, 2.05) is 6.92 Å². The molecule has 0 saturated heterocycles. The molecule has 1 aromatic rings. The Morgan fingerprint density at radius 1 is 1.38 bits per heavy atom. The van der Waals surface area contributed by atoms with Crippen LogP contribution in [0.4, 0.5) is 5.69 Å². The minimum absolute atomic E-state index is 0.478. The van der Waals surface area contributed by atoms with Crippen molar-refractivity contribution < 1.29 is 19.4 Å². The molecule has 0 bridgehead atoms. The predicted octanol–water partition coefficient (Wildman–Crippen LogP) is 1.50. The number of ether oxygens (including phenoxy) is 1. The number of carbonyl (C=O) groups is 2. The number of aliphatic carboxylic acids is 1. The van der Waals surface area contributed by atoms with Gasteiger partial charge >= 0.3 is 5.97 Å². The molecule has 1 amide bonds. The van der Waals surface area contributed by atoms with Crippen molar-refractivity contribution in [2.75, 3.05) is 11.9 Å². The molecule has 0 aliphatic rings. The summed E-state index contributed by atoms with van der Waals surface area (Å²) in [6, 6.07) is 6.88. The quantitative estimate of drug-likeness (QED) is 0.742. The Hall–Kier alpha value is -2.04. The van der Waals surface area contributed by atoms with Gasteiger partial charge in [0.15, 0.2) is 0 Å². The Morgan fingerprint density at radius 2 is 2.06 bits per heavy atom. The molecule has 5 nitrogen and oxygen atoms in total. The highest BCUT2D eigenvalue weighted by atomic mass is 16.5. The van der Waals surface area contributed by atoms with Crippen LogP contribution in [0.1, 0.15) is 13.3 Å². The molecule has 5 heteroatoms. The number of rotatable bonds is 5. The van der Waals surface area contributed by atoms with Gasteiger partial charge in [-0.1, -0.05) is 12.1 Å². The van der Waals surface area contributed by atoms with Crippen molar-refractivity contribution in [3.05, 3.63) is 24.3 Å². The van der Waals surface area contributed by atoms with E-state index in [9.17, 15) is 9.59 Å². The van der Waals surface area contributed by atoms with Gasteiger partial charge in [0, 0.05) is 0 Å². The van der Waals surface area contributed by atoms with Gasteiger partial charge in [-0.2, -0.15) is 0 Å². The minimum Gasteiger partial charge on any atom is -0.492 e. The average molecular weight is 223 g/mol. The number of carboxylic acids is 1. The first-order valence-corrected chi connectivity index (χ1v) is 4.87. The number of hydrogen-bond acceptors (Lipinski definition) is 3. The highest BCUT2D eigenvalue weighted by molar-refractivity contribution is 6.02. The van der Waals surface area contributed by atoms with Gasteiger partial charge in [0.05, 0.1) is 12.3 Å². The van der Waals surface area contributed by atoms with Gasteiger partial charge in [-0.15, -0.1) is 0 Å². The lowest BCUT2D eigenvalue weighted by atomic mass is 10.3. The summed E-state index contributed by atoms with van der Waals surface area (Å²) >= 11 is 0. The highest BCUT2D eigenvalue weighted by Gasteiger charge is 2.10. The standard InChI is InChI=1S/C11H13NO4/c1-2-16-9-6-4-3-5-8(9)12-10(13)7-11(14)15/h3-6H,2,7H2,1H3,(H,12,13)(H,14,15). The number of benzene rings is 1. The molecule has 0 aliphatic heterocycles. The van der Waals surface area contributed by atoms with Crippen LogP contribution in [0.25, 0.3) is 0 Å². The van der Waals surface area contributed by atoms with Crippen LogP contribution in [0, 0.1) is 0 Å². The summed E-state index contributed by atoms with van der Waals surface area (Å²) in [5.41, 5.74) is 0.482. The van der Waals surface area contributed by atoms with Crippen LogP contribution < -0.4 is 10.1 Å². The van der Waals surface area contributed by atoms with E-state index < -0.39 is 18.3 Å². The van der Waals surface area contributed by atoms with Gasteiger partial charge in [0.1, 0.15) is 12.2 Å². The third-order valence-corrected chi connectivity index (χ3v) is 1.77. The topological polar surface area (TPSA) is 75.6 Å². The van der Waals surface area contributed by atoms with Crippen molar-refractivity contribution in [1.29, 1.82) is 0 Å². The van der Waals surface area contributed by atoms with Crippen LogP contribution >= 0.6 is 0 Å². The fourth-order valence-electron chi connectivity index (χ4n) is 1.18. The molecule has 0 heterocycles. The Kier molecular flexibility index (Phi) is 4.32. The lowest BCUT2D eigenvalue weighted by Gasteiger charge is -2.10. The van der Waals surface area contributed by atoms with Crippen molar-refractivity contribution in [1.82, 2.24) is 0 Å². The van der Waals surface area contributed by atoms with Gasteiger partial charge in [0.25, 0.3) is 0 Å². The van der Waals surface area contributed by atoms with E-state index in [0.29, 0.717) is 18.0 Å². The Bertz CT molecular complexity index is 389. The van der Waals surface area contributed by atoms with Gasteiger partial charge in [-0.3, -0.25) is 9.59 Å². The second-order valence-electron chi connectivity index (χ2n) is 3.05. The van der Waals surface area contributed by atoms with Gasteiger partial charge in [-0.25, -0.2) is 0 Å². The maximum atomic E-state index is 11.2. The zero-order chi connectivity index (χ0) is 12.0. The normalized spacial score (nSPS) is 9.56. The van der Waals surface area contributed by atoms with E-state index in [4.69, 9.17) is 9.84 Å². The highest BCUT2D eigenvalue weighted by Crippen LogP contribution is 2.23. The van der Waals surface area contributed by atoms with Crippen LogP contribution in [0.15, 0.2) is 24.3 Å². The molecule has 16 heavy (non-hydrogen) atoms. The van der Waals surface area contributed by atoms with Crippen molar-refractivity contribution in [2.24, 2.45) is 0 Å². The second-order valence-corrected chi connectivity index (χ2v) is 3.05. The monoisotopic (exact) mass is 223 g/mol. The first kappa shape index (κ1) is 12.0. The van der Waals surface area contributed by atoms with E-state index >= 15 is 0 Å². The fourth-order valence-corrected chi connectivity index (χ4v) is 1.18. The summed E-state index contributed by atoms with van der Waals surface area (Å²) in [5, 5.41) is 10.9. The van der Waals surface area contributed by atoms with E-state index in [-0.39, 0.29) is 0 Å². The molecule has 0 fully saturated rings. The van der Waals surface area contributed by atoms with E-state index in [0.717, 1.165) is 0 Å². The molecule has 0 unspecified atom stereocenters. The Balaban J connectivity index is 2.72. The van der Waals surface area contributed by atoms with Gasteiger partial charge < -0.3 is 15.2 Å². The smallest absolute Gasteiger partial charge is 0.312 e. The molecule has 0 aromatic heterocycles. The summed E-state index contributed by atoms with van der Waals surface area (Å²) < 4.78 is 5.28. The summed E-state index contributed by atoms with van der Waals surface area (Å²) in [6.45, 7) is 2.31. The second kappa shape index (κ2) is 5.75. The van der Waals surface area contributed by atoms with Gasteiger partial charge in [0.2, 0.25) is 5.91 Å². The third kappa shape index (κ3) is 3.61. The summed E-state index contributed by atoms with van der Waals surface area (Å²) in [6.07, 6.45) is -0.555. The number of hydrogen-bond donors (Lipinski definition) is 2. The van der Waals surface area contributed by atoms with E-state index in [1.54, 1.807) is 24.3 Å². The SMILES string of the molecule is CCOc1ccccc1NC(=O)CC(=O)O. The zero-order valence-corrected chi connectivity index (χ0v) is 8.90. The molecule has 86 valence electrons. The molecule has 0 spiro atoms. The molecule has 1 rings (SSSR count). The average Bonchev–Trinajstić information content (AvgIpc) is 2.20. The predicted molar refractivity (Wildman–Crippen MR) is 58.5 cm³/mol. The van der Waals surface area contributed by atoms with Crippen LogP contribution in [-0.4, -0.2) is 23.6 Å². The van der Waals surface area contributed by atoms with Crippen LogP contribution in [0.2, 0.25) is 0 Å². The summed E-state index contributed by atoms with van der Waals surface area (Å²) in [7, 11) is 0. The summed E-state index contributed by atoms with van der Waals surface area (Å²) in [5.74, 6) is -1.20. The van der Waals surface area contributed by atoms with Crippen LogP contribution in [0.5, 0.6) is 5.75 Å².